The van der Waals surface area contributed by atoms with Crippen molar-refractivity contribution in [1.29, 1.82) is 5.26 Å². The van der Waals surface area contributed by atoms with Crippen molar-refractivity contribution >= 4 is 41.8 Å². The standard InChI is InChI=1S/C17H23N3O2S2.ClH/c1-17(2,24-9-12-4-6-14(22-3)7-5-12)15(19)16(21)20-11-23-10-13(20)8-18;/h4-7,13,15H,9-11,19H2,1-3H3;1H/t13-,15-;/m1./s1. The second-order valence-electron chi connectivity index (χ2n) is 6.17. The lowest BCUT2D eigenvalue weighted by atomic mass is 10.0. The van der Waals surface area contributed by atoms with Gasteiger partial charge in [0.1, 0.15) is 11.8 Å². The molecule has 0 aromatic heterocycles. The third kappa shape index (κ3) is 5.45. The van der Waals surface area contributed by atoms with Crippen LogP contribution in [0.15, 0.2) is 24.3 Å². The Bertz CT molecular complexity index is 619. The van der Waals surface area contributed by atoms with E-state index in [1.165, 1.54) is 0 Å². The lowest BCUT2D eigenvalue weighted by Crippen LogP contribution is -2.54. The fraction of sp³-hybridized carbons (Fsp3) is 0.529. The molecule has 1 heterocycles. The first-order valence-corrected chi connectivity index (χ1v) is 9.83. The molecular formula is C17H24ClN3O2S2. The molecule has 0 radical (unpaired) electrons. The van der Waals surface area contributed by atoms with E-state index in [9.17, 15) is 4.79 Å². The molecule has 2 rings (SSSR count). The molecule has 1 saturated heterocycles. The summed E-state index contributed by atoms with van der Waals surface area (Å²) in [6.07, 6.45) is 0. The Balaban J connectivity index is 0.00000312. The van der Waals surface area contributed by atoms with Crippen molar-refractivity contribution in [2.24, 2.45) is 5.73 Å². The number of nitriles is 1. The molecule has 0 bridgehead atoms. The van der Waals surface area contributed by atoms with Gasteiger partial charge in [0.15, 0.2) is 0 Å². The van der Waals surface area contributed by atoms with Crippen molar-refractivity contribution in [1.82, 2.24) is 4.90 Å². The Labute approximate surface area is 164 Å². The van der Waals surface area contributed by atoms with E-state index in [0.29, 0.717) is 11.6 Å². The summed E-state index contributed by atoms with van der Waals surface area (Å²) in [7, 11) is 1.64. The average molecular weight is 402 g/mol. The van der Waals surface area contributed by atoms with Gasteiger partial charge in [-0.25, -0.2) is 0 Å². The van der Waals surface area contributed by atoms with E-state index in [1.807, 2.05) is 38.1 Å². The number of thioether (sulfide) groups is 2. The Kier molecular flexibility index (Phi) is 8.42. The van der Waals surface area contributed by atoms with Crippen molar-refractivity contribution in [3.05, 3.63) is 29.8 Å². The number of carbonyl (C=O) groups is 1. The average Bonchev–Trinajstić information content (AvgIpc) is 3.07. The number of hydrogen-bond donors (Lipinski definition) is 1. The zero-order chi connectivity index (χ0) is 17.7. The third-order valence-corrected chi connectivity index (χ3v) is 6.59. The van der Waals surface area contributed by atoms with Crippen molar-refractivity contribution in [2.45, 2.75) is 36.4 Å². The monoisotopic (exact) mass is 401 g/mol. The Morgan fingerprint density at radius 1 is 1.52 bits per heavy atom. The molecule has 0 unspecified atom stereocenters. The Hall–Kier alpha value is -1.07. The van der Waals surface area contributed by atoms with Gasteiger partial charge in [-0.1, -0.05) is 12.1 Å². The smallest absolute Gasteiger partial charge is 0.242 e. The van der Waals surface area contributed by atoms with E-state index in [4.69, 9.17) is 15.7 Å². The first-order chi connectivity index (χ1) is 11.4. The summed E-state index contributed by atoms with van der Waals surface area (Å²) >= 11 is 3.24. The molecule has 8 heteroatoms. The molecule has 1 fully saturated rings. The summed E-state index contributed by atoms with van der Waals surface area (Å²) in [5, 5.41) is 9.15. The van der Waals surface area contributed by atoms with Crippen LogP contribution in [0, 0.1) is 11.3 Å². The van der Waals surface area contributed by atoms with E-state index in [2.05, 4.69) is 6.07 Å². The number of nitrogens with zero attached hydrogens (tertiary/aromatic N) is 2. The lowest BCUT2D eigenvalue weighted by Gasteiger charge is -2.33. The summed E-state index contributed by atoms with van der Waals surface area (Å²) in [4.78, 5) is 14.3. The molecule has 0 saturated carbocycles. The minimum absolute atomic E-state index is 0. The van der Waals surface area contributed by atoms with Crippen LogP contribution in [0.5, 0.6) is 5.75 Å². The molecule has 1 aromatic carbocycles. The van der Waals surface area contributed by atoms with Gasteiger partial charge in [-0.05, 0) is 31.5 Å². The molecule has 2 atom stereocenters. The maximum absolute atomic E-state index is 12.7. The normalized spacial score (nSPS) is 18.2. The third-order valence-electron chi connectivity index (χ3n) is 4.10. The van der Waals surface area contributed by atoms with E-state index < -0.39 is 10.8 Å². The second-order valence-corrected chi connectivity index (χ2v) is 8.80. The molecule has 0 spiro atoms. The zero-order valence-electron chi connectivity index (χ0n) is 14.6. The molecule has 1 aromatic rings. The predicted molar refractivity (Wildman–Crippen MR) is 107 cm³/mol. The van der Waals surface area contributed by atoms with Gasteiger partial charge in [0.05, 0.1) is 25.1 Å². The summed E-state index contributed by atoms with van der Waals surface area (Å²) in [6, 6.07) is 9.04. The van der Waals surface area contributed by atoms with Crippen LogP contribution in [0.2, 0.25) is 0 Å². The molecule has 1 aliphatic rings. The highest BCUT2D eigenvalue weighted by molar-refractivity contribution is 8.00. The van der Waals surface area contributed by atoms with Crippen LogP contribution in [0.3, 0.4) is 0 Å². The van der Waals surface area contributed by atoms with Crippen LogP contribution < -0.4 is 10.5 Å². The van der Waals surface area contributed by atoms with Crippen LogP contribution in [0.25, 0.3) is 0 Å². The summed E-state index contributed by atoms with van der Waals surface area (Å²) in [5.74, 6) is 2.65. The number of amides is 1. The van der Waals surface area contributed by atoms with Crippen molar-refractivity contribution in [3.8, 4) is 11.8 Å². The predicted octanol–water partition coefficient (Wildman–Crippen LogP) is 2.88. The second kappa shape index (κ2) is 9.58. The van der Waals surface area contributed by atoms with Crippen molar-refractivity contribution in [3.63, 3.8) is 0 Å². The van der Waals surface area contributed by atoms with Gasteiger partial charge >= 0.3 is 0 Å². The number of rotatable bonds is 6. The molecule has 2 N–H and O–H groups in total. The fourth-order valence-electron chi connectivity index (χ4n) is 2.32. The minimum atomic E-state index is -0.643. The van der Waals surface area contributed by atoms with Gasteiger partial charge < -0.3 is 15.4 Å². The van der Waals surface area contributed by atoms with E-state index in [-0.39, 0.29) is 24.4 Å². The van der Waals surface area contributed by atoms with Gasteiger partial charge in [0, 0.05) is 16.3 Å². The first kappa shape index (κ1) is 22.0. The highest BCUT2D eigenvalue weighted by atomic mass is 35.5. The maximum atomic E-state index is 12.7. The SMILES string of the molecule is COc1ccc(CSC(C)(C)[C@H](N)C(=O)N2CSC[C@H]2C#N)cc1.Cl. The number of ether oxygens (including phenoxy) is 1. The van der Waals surface area contributed by atoms with Crippen LogP contribution in [-0.4, -0.2) is 46.4 Å². The number of hydrogen-bond acceptors (Lipinski definition) is 6. The Morgan fingerprint density at radius 2 is 2.16 bits per heavy atom. The topological polar surface area (TPSA) is 79.3 Å². The molecule has 0 aliphatic carbocycles. The van der Waals surface area contributed by atoms with E-state index in [1.54, 1.807) is 35.5 Å². The van der Waals surface area contributed by atoms with Crippen LogP contribution in [0.1, 0.15) is 19.4 Å². The number of nitrogens with two attached hydrogens (primary N) is 1. The molecule has 5 nitrogen and oxygen atoms in total. The molecular weight excluding hydrogens is 378 g/mol. The van der Waals surface area contributed by atoms with E-state index in [0.717, 1.165) is 17.1 Å². The van der Waals surface area contributed by atoms with Gasteiger partial charge in [-0.15, -0.1) is 35.9 Å². The minimum Gasteiger partial charge on any atom is -0.497 e. The number of methoxy groups -OCH3 is 1. The first-order valence-electron chi connectivity index (χ1n) is 7.69. The zero-order valence-corrected chi connectivity index (χ0v) is 17.0. The largest absolute Gasteiger partial charge is 0.497 e. The van der Waals surface area contributed by atoms with Gasteiger partial charge in [0.2, 0.25) is 5.91 Å². The van der Waals surface area contributed by atoms with Crippen LogP contribution >= 0.6 is 35.9 Å². The fourth-order valence-corrected chi connectivity index (χ4v) is 4.42. The number of carbonyl (C=O) groups excluding carboxylic acids is 1. The highest BCUT2D eigenvalue weighted by Crippen LogP contribution is 2.33. The molecule has 25 heavy (non-hydrogen) atoms. The number of benzene rings is 1. The Morgan fingerprint density at radius 3 is 2.72 bits per heavy atom. The summed E-state index contributed by atoms with van der Waals surface area (Å²) in [5.41, 5.74) is 7.40. The summed E-state index contributed by atoms with van der Waals surface area (Å²) in [6.45, 7) is 3.96. The van der Waals surface area contributed by atoms with Crippen LogP contribution in [-0.2, 0) is 10.5 Å². The highest BCUT2D eigenvalue weighted by Gasteiger charge is 2.39. The van der Waals surface area contributed by atoms with Gasteiger partial charge in [0.25, 0.3) is 0 Å². The molecule has 138 valence electrons. The van der Waals surface area contributed by atoms with Gasteiger partial charge in [-0.2, -0.15) is 5.26 Å². The summed E-state index contributed by atoms with van der Waals surface area (Å²) < 4.78 is 4.73. The maximum Gasteiger partial charge on any atom is 0.242 e. The lowest BCUT2D eigenvalue weighted by molar-refractivity contribution is -0.132. The quantitative estimate of drug-likeness (QED) is 0.789. The van der Waals surface area contributed by atoms with E-state index >= 15 is 0 Å². The molecule has 1 amide bonds. The van der Waals surface area contributed by atoms with Gasteiger partial charge in [-0.3, -0.25) is 4.79 Å². The molecule has 1 aliphatic heterocycles. The van der Waals surface area contributed by atoms with Crippen molar-refractivity contribution < 1.29 is 9.53 Å². The van der Waals surface area contributed by atoms with Crippen LogP contribution in [0.4, 0.5) is 0 Å². The number of halogens is 1. The van der Waals surface area contributed by atoms with Crippen molar-refractivity contribution in [2.75, 3.05) is 18.7 Å².